The molecule has 2 N–H and O–H groups in total. The highest BCUT2D eigenvalue weighted by Crippen LogP contribution is 2.18. The first kappa shape index (κ1) is 23.5. The Labute approximate surface area is 190 Å². The van der Waals surface area contributed by atoms with Crippen molar-refractivity contribution in [3.8, 4) is 5.75 Å². The summed E-state index contributed by atoms with van der Waals surface area (Å²) in [4.78, 5) is 40.5. The van der Waals surface area contributed by atoms with Crippen molar-refractivity contribution in [3.05, 3.63) is 36.0 Å². The van der Waals surface area contributed by atoms with Crippen LogP contribution in [0.4, 0.5) is 5.88 Å². The SMILES string of the molecule is COc1ccc(C(=O)SC[C@H](NC(C)=O)C(=O)Nc2c[n+](N3CCN(C)CC3)no2)cc1. The van der Waals surface area contributed by atoms with Crippen LogP contribution in [0.15, 0.2) is 35.0 Å². The van der Waals surface area contributed by atoms with Crippen molar-refractivity contribution in [2.75, 3.05) is 56.4 Å². The number of hydrogen-bond donors (Lipinski definition) is 2. The molecule has 1 saturated heterocycles. The molecular weight excluding hydrogens is 436 g/mol. The van der Waals surface area contributed by atoms with Gasteiger partial charge in [0, 0.05) is 31.3 Å². The van der Waals surface area contributed by atoms with E-state index < -0.39 is 11.9 Å². The Kier molecular flexibility index (Phi) is 8.06. The second-order valence-electron chi connectivity index (χ2n) is 7.31. The molecule has 1 aliphatic rings. The van der Waals surface area contributed by atoms with Gasteiger partial charge in [-0.05, 0) is 31.3 Å². The van der Waals surface area contributed by atoms with Gasteiger partial charge in [0.05, 0.1) is 25.0 Å². The molecule has 3 rings (SSSR count). The zero-order chi connectivity index (χ0) is 23.1. The number of benzene rings is 1. The van der Waals surface area contributed by atoms with E-state index >= 15 is 0 Å². The molecule has 2 aromatic rings. The van der Waals surface area contributed by atoms with Crippen LogP contribution in [0.25, 0.3) is 0 Å². The summed E-state index contributed by atoms with van der Waals surface area (Å²) in [5.74, 6) is -0.0358. The van der Waals surface area contributed by atoms with Crippen molar-refractivity contribution in [2.45, 2.75) is 13.0 Å². The number of carbonyl (C=O) groups is 3. The van der Waals surface area contributed by atoms with Crippen LogP contribution in [0.5, 0.6) is 5.75 Å². The molecule has 2 heterocycles. The van der Waals surface area contributed by atoms with Crippen LogP contribution in [0.2, 0.25) is 0 Å². The van der Waals surface area contributed by atoms with E-state index in [0.717, 1.165) is 37.9 Å². The van der Waals surface area contributed by atoms with E-state index in [2.05, 4.69) is 27.9 Å². The third-order valence-corrected chi connectivity index (χ3v) is 5.87. The summed E-state index contributed by atoms with van der Waals surface area (Å²) in [6.45, 7) is 4.66. The molecule has 11 nitrogen and oxygen atoms in total. The van der Waals surface area contributed by atoms with Gasteiger partial charge in [-0.25, -0.2) is 0 Å². The number of methoxy groups -OCH3 is 1. The van der Waals surface area contributed by atoms with E-state index in [4.69, 9.17) is 9.26 Å². The molecule has 172 valence electrons. The number of nitrogens with one attached hydrogen (secondary N) is 2. The number of aromatic nitrogens is 2. The smallest absolute Gasteiger partial charge is 0.305 e. The second-order valence-corrected chi connectivity index (χ2v) is 8.31. The Hall–Kier alpha value is -3.12. The monoisotopic (exact) mass is 463 g/mol. The molecule has 2 amide bonds. The van der Waals surface area contributed by atoms with Crippen molar-refractivity contribution < 1.29 is 28.4 Å². The molecule has 0 bridgehead atoms. The Morgan fingerprint density at radius 2 is 1.91 bits per heavy atom. The Morgan fingerprint density at radius 3 is 2.53 bits per heavy atom. The van der Waals surface area contributed by atoms with Gasteiger partial charge in [-0.2, -0.15) is 5.01 Å². The number of thioether (sulfide) groups is 1. The molecule has 1 fully saturated rings. The molecule has 0 unspecified atom stereocenters. The summed E-state index contributed by atoms with van der Waals surface area (Å²) in [5, 5.41) is 10.9. The normalized spacial score (nSPS) is 15.2. The molecule has 1 aromatic carbocycles. The van der Waals surface area contributed by atoms with Gasteiger partial charge < -0.3 is 15.0 Å². The summed E-state index contributed by atoms with van der Waals surface area (Å²) in [7, 11) is 3.60. The number of nitrogens with zero attached hydrogens (tertiary/aromatic N) is 4. The maximum absolute atomic E-state index is 12.7. The number of amides is 2. The van der Waals surface area contributed by atoms with Crippen LogP contribution < -0.4 is 25.2 Å². The van der Waals surface area contributed by atoms with Crippen molar-refractivity contribution in [3.63, 3.8) is 0 Å². The van der Waals surface area contributed by atoms with Gasteiger partial charge in [0.1, 0.15) is 11.8 Å². The van der Waals surface area contributed by atoms with Crippen LogP contribution >= 0.6 is 11.8 Å². The minimum atomic E-state index is -0.929. The first-order chi connectivity index (χ1) is 15.4. The highest BCUT2D eigenvalue weighted by molar-refractivity contribution is 8.14. The minimum absolute atomic E-state index is 0.0584. The quantitative estimate of drug-likeness (QED) is 0.516. The fraction of sp³-hybridized carbons (Fsp3) is 0.450. The molecule has 1 aliphatic heterocycles. The molecule has 32 heavy (non-hydrogen) atoms. The van der Waals surface area contributed by atoms with Gasteiger partial charge in [-0.15, -0.1) is 0 Å². The molecular formula is C20H27N6O5S+. The lowest BCUT2D eigenvalue weighted by atomic mass is 10.2. The number of ether oxygens (including phenoxy) is 1. The lowest BCUT2D eigenvalue weighted by Gasteiger charge is -2.26. The number of hydrogen-bond acceptors (Lipinski definition) is 9. The van der Waals surface area contributed by atoms with Crippen molar-refractivity contribution >= 4 is 34.6 Å². The van der Waals surface area contributed by atoms with Crippen LogP contribution in [0.3, 0.4) is 0 Å². The van der Waals surface area contributed by atoms with Gasteiger partial charge in [0.2, 0.25) is 22.2 Å². The van der Waals surface area contributed by atoms with E-state index in [-0.39, 0.29) is 22.7 Å². The van der Waals surface area contributed by atoms with E-state index in [1.165, 1.54) is 6.92 Å². The average molecular weight is 464 g/mol. The third-order valence-electron chi connectivity index (χ3n) is 4.87. The minimum Gasteiger partial charge on any atom is -0.497 e. The van der Waals surface area contributed by atoms with E-state index in [0.29, 0.717) is 11.3 Å². The second kappa shape index (κ2) is 11.0. The van der Waals surface area contributed by atoms with Crippen LogP contribution in [0.1, 0.15) is 17.3 Å². The summed E-state index contributed by atoms with van der Waals surface area (Å²) in [6.07, 6.45) is 1.57. The molecule has 0 saturated carbocycles. The number of likely N-dealkylation sites (N-methyl/N-ethyl adjacent to an activating group) is 1. The number of piperazine rings is 1. The van der Waals surface area contributed by atoms with Gasteiger partial charge >= 0.3 is 5.88 Å². The maximum Gasteiger partial charge on any atom is 0.305 e. The highest BCUT2D eigenvalue weighted by atomic mass is 32.2. The maximum atomic E-state index is 12.7. The predicted molar refractivity (Wildman–Crippen MR) is 118 cm³/mol. The lowest BCUT2D eigenvalue weighted by molar-refractivity contribution is -0.759. The summed E-state index contributed by atoms with van der Waals surface area (Å²) >= 11 is 0.940. The van der Waals surface area contributed by atoms with Crippen molar-refractivity contribution in [2.24, 2.45) is 0 Å². The highest BCUT2D eigenvalue weighted by Gasteiger charge is 2.27. The Bertz CT molecular complexity index is 942. The fourth-order valence-electron chi connectivity index (χ4n) is 3.03. The van der Waals surface area contributed by atoms with Gasteiger partial charge in [0.15, 0.2) is 0 Å². The molecule has 1 atom stereocenters. The summed E-state index contributed by atoms with van der Waals surface area (Å²) in [5.41, 5.74) is 0.473. The third kappa shape index (κ3) is 6.44. The fourth-order valence-corrected chi connectivity index (χ4v) is 3.89. The molecule has 0 spiro atoms. The molecule has 0 radical (unpaired) electrons. The van der Waals surface area contributed by atoms with E-state index in [9.17, 15) is 14.4 Å². The number of anilines is 1. The van der Waals surface area contributed by atoms with Crippen molar-refractivity contribution in [1.29, 1.82) is 0 Å². The summed E-state index contributed by atoms with van der Waals surface area (Å²) in [6, 6.07) is 5.74. The average Bonchev–Trinajstić information content (AvgIpc) is 3.25. The van der Waals surface area contributed by atoms with Crippen molar-refractivity contribution in [1.82, 2.24) is 15.5 Å². The predicted octanol–water partition coefficient (Wildman–Crippen LogP) is -0.129. The first-order valence-electron chi connectivity index (χ1n) is 10.1. The first-order valence-corrected chi connectivity index (χ1v) is 11.1. The van der Waals surface area contributed by atoms with Gasteiger partial charge in [0.25, 0.3) is 6.20 Å². The van der Waals surface area contributed by atoms with Gasteiger partial charge in [-0.3, -0.25) is 24.2 Å². The zero-order valence-electron chi connectivity index (χ0n) is 18.2. The largest absolute Gasteiger partial charge is 0.497 e. The van der Waals surface area contributed by atoms with Crippen LogP contribution in [0, 0.1) is 0 Å². The molecule has 12 heteroatoms. The summed E-state index contributed by atoms with van der Waals surface area (Å²) < 4.78 is 10.3. The number of rotatable bonds is 8. The lowest BCUT2D eigenvalue weighted by Crippen LogP contribution is -2.65. The Balaban J connectivity index is 1.58. The van der Waals surface area contributed by atoms with Crippen LogP contribution in [-0.2, 0) is 9.59 Å². The zero-order valence-corrected chi connectivity index (χ0v) is 19.1. The molecule has 0 aliphatic carbocycles. The van der Waals surface area contributed by atoms with E-state index in [1.807, 2.05) is 5.01 Å². The number of carbonyl (C=O) groups excluding carboxylic acids is 3. The van der Waals surface area contributed by atoms with E-state index in [1.54, 1.807) is 42.4 Å². The van der Waals surface area contributed by atoms with Gasteiger partial charge in [-0.1, -0.05) is 11.8 Å². The Morgan fingerprint density at radius 1 is 1.22 bits per heavy atom. The topological polar surface area (TPSA) is 121 Å². The molecule has 1 aromatic heterocycles. The van der Waals surface area contributed by atoms with Crippen LogP contribution in [-0.4, -0.2) is 79.2 Å². The standard InChI is InChI=1S/C20H26N6O5S/c1-14(27)21-17(13-32-20(29)15-4-6-16(30-3)7-5-15)19(28)22-18-12-26(23-31-18)25-10-8-24(2)9-11-25/h4-7,12,17H,8-11,13H2,1-3H3,(H-,21,22,23,27,28)/p+1/t17-/m0/s1.